The van der Waals surface area contributed by atoms with Gasteiger partial charge in [-0.2, -0.15) is 0 Å². The molecule has 0 aromatic heterocycles. The third-order valence-corrected chi connectivity index (χ3v) is 5.44. The maximum Gasteiger partial charge on any atom is 0.415 e. The zero-order valence-corrected chi connectivity index (χ0v) is 15.2. The molecular weight excluding hydrogens is 328 g/mol. The molecule has 2 atom stereocenters. The van der Waals surface area contributed by atoms with E-state index in [1.807, 2.05) is 6.20 Å². The van der Waals surface area contributed by atoms with Gasteiger partial charge in [0.15, 0.2) is 0 Å². The van der Waals surface area contributed by atoms with E-state index in [2.05, 4.69) is 26.3 Å². The molecule has 24 heavy (non-hydrogen) atoms. The van der Waals surface area contributed by atoms with Crippen LogP contribution in [0.1, 0.15) is 20.8 Å². The van der Waals surface area contributed by atoms with E-state index in [1.165, 1.54) is 5.57 Å². The standard InChI is InChI=1S/C18H23ClN2O3/c1-17(2,3)18-11-21(10-15(18)14(18)9-20-23-4)16(22)24-13-7-5-12(19)6-8-13/h5-9,15,20H,10-11H2,1-4H3. The van der Waals surface area contributed by atoms with Crippen molar-refractivity contribution in [3.05, 3.63) is 41.1 Å². The molecule has 1 aromatic carbocycles. The first-order valence-corrected chi connectivity index (χ1v) is 8.39. The first-order chi connectivity index (χ1) is 11.3. The maximum absolute atomic E-state index is 12.5. The molecule has 1 aromatic rings. The summed E-state index contributed by atoms with van der Waals surface area (Å²) in [6.07, 6.45) is 1.62. The van der Waals surface area contributed by atoms with Gasteiger partial charge in [0.1, 0.15) is 5.75 Å². The van der Waals surface area contributed by atoms with Crippen LogP contribution < -0.4 is 10.2 Å². The molecule has 3 rings (SSSR count). The largest absolute Gasteiger partial charge is 0.415 e. The van der Waals surface area contributed by atoms with Gasteiger partial charge in [-0.05, 0) is 35.3 Å². The van der Waals surface area contributed by atoms with Gasteiger partial charge in [0.2, 0.25) is 0 Å². The minimum absolute atomic E-state index is 0.0163. The quantitative estimate of drug-likeness (QED) is 0.841. The lowest BCUT2D eigenvalue weighted by Crippen LogP contribution is -2.37. The molecule has 1 N–H and O–H groups in total. The molecule has 1 saturated heterocycles. The van der Waals surface area contributed by atoms with Crippen LogP contribution in [-0.2, 0) is 4.84 Å². The number of nitrogens with one attached hydrogen (secondary N) is 1. The first-order valence-electron chi connectivity index (χ1n) is 8.01. The molecular formula is C18H23ClN2O3. The fourth-order valence-corrected chi connectivity index (χ4v) is 3.99. The van der Waals surface area contributed by atoms with E-state index in [4.69, 9.17) is 21.2 Å². The van der Waals surface area contributed by atoms with Crippen molar-refractivity contribution in [3.8, 4) is 5.75 Å². The van der Waals surface area contributed by atoms with Crippen LogP contribution in [0.15, 0.2) is 36.0 Å². The van der Waals surface area contributed by atoms with Crippen LogP contribution in [0.3, 0.4) is 0 Å². The number of benzene rings is 1. The number of rotatable bonds is 3. The number of hydrogen-bond donors (Lipinski definition) is 1. The molecule has 0 spiro atoms. The lowest BCUT2D eigenvalue weighted by atomic mass is 9.76. The van der Waals surface area contributed by atoms with Gasteiger partial charge in [-0.3, -0.25) is 10.3 Å². The predicted molar refractivity (Wildman–Crippen MR) is 92.7 cm³/mol. The summed E-state index contributed by atoms with van der Waals surface area (Å²) in [5.41, 5.74) is 4.16. The summed E-state index contributed by atoms with van der Waals surface area (Å²) in [6.45, 7) is 7.96. The Kier molecular flexibility index (Phi) is 4.26. The molecule has 5 nitrogen and oxygen atoms in total. The number of carbonyl (C=O) groups excluding carboxylic acids is 1. The normalized spacial score (nSPS) is 27.1. The molecule has 1 saturated carbocycles. The molecule has 0 radical (unpaired) electrons. The van der Waals surface area contributed by atoms with Gasteiger partial charge in [-0.25, -0.2) is 4.79 Å². The minimum Gasteiger partial charge on any atom is -0.410 e. The fraction of sp³-hybridized carbons (Fsp3) is 0.500. The highest BCUT2D eigenvalue weighted by molar-refractivity contribution is 6.30. The fourth-order valence-electron chi connectivity index (χ4n) is 3.86. The van der Waals surface area contributed by atoms with Crippen molar-refractivity contribution in [2.75, 3.05) is 20.2 Å². The Balaban J connectivity index is 1.71. The number of halogens is 1. The topological polar surface area (TPSA) is 50.8 Å². The summed E-state index contributed by atoms with van der Waals surface area (Å²) in [5, 5.41) is 0.615. The zero-order valence-electron chi connectivity index (χ0n) is 14.4. The van der Waals surface area contributed by atoms with Crippen molar-refractivity contribution in [3.63, 3.8) is 0 Å². The van der Waals surface area contributed by atoms with Gasteiger partial charge < -0.3 is 9.64 Å². The molecule has 1 aliphatic heterocycles. The van der Waals surface area contributed by atoms with Crippen molar-refractivity contribution in [2.24, 2.45) is 16.7 Å². The molecule has 6 heteroatoms. The van der Waals surface area contributed by atoms with Crippen molar-refractivity contribution in [1.29, 1.82) is 0 Å². The van der Waals surface area contributed by atoms with Crippen molar-refractivity contribution < 1.29 is 14.4 Å². The van der Waals surface area contributed by atoms with Gasteiger partial charge in [-0.1, -0.05) is 32.4 Å². The average Bonchev–Trinajstić information content (AvgIpc) is 2.93. The smallest absolute Gasteiger partial charge is 0.410 e. The van der Waals surface area contributed by atoms with Crippen LogP contribution in [0.4, 0.5) is 4.79 Å². The highest BCUT2D eigenvalue weighted by Crippen LogP contribution is 2.70. The van der Waals surface area contributed by atoms with Crippen LogP contribution >= 0.6 is 11.6 Å². The van der Waals surface area contributed by atoms with E-state index in [0.717, 1.165) is 0 Å². The van der Waals surface area contributed by atoms with E-state index >= 15 is 0 Å². The number of hydroxylamine groups is 1. The predicted octanol–water partition coefficient (Wildman–Crippen LogP) is 3.85. The third-order valence-electron chi connectivity index (χ3n) is 5.19. The summed E-state index contributed by atoms with van der Waals surface area (Å²) in [6, 6.07) is 6.81. The van der Waals surface area contributed by atoms with Gasteiger partial charge in [0.25, 0.3) is 0 Å². The number of hydrogen-bond acceptors (Lipinski definition) is 4. The Morgan fingerprint density at radius 3 is 2.58 bits per heavy atom. The van der Waals surface area contributed by atoms with Crippen LogP contribution in [0.5, 0.6) is 5.75 Å². The van der Waals surface area contributed by atoms with E-state index in [-0.39, 0.29) is 16.9 Å². The number of likely N-dealkylation sites (tertiary alicyclic amines) is 1. The average molecular weight is 351 g/mol. The van der Waals surface area contributed by atoms with Crippen molar-refractivity contribution >= 4 is 17.7 Å². The molecule has 1 aliphatic carbocycles. The van der Waals surface area contributed by atoms with Crippen LogP contribution in [0, 0.1) is 16.7 Å². The Morgan fingerprint density at radius 2 is 2.04 bits per heavy atom. The van der Waals surface area contributed by atoms with E-state index in [9.17, 15) is 4.79 Å². The Hall–Kier alpha value is -1.72. The van der Waals surface area contributed by atoms with E-state index < -0.39 is 0 Å². The van der Waals surface area contributed by atoms with Crippen molar-refractivity contribution in [1.82, 2.24) is 10.4 Å². The summed E-state index contributed by atoms with van der Waals surface area (Å²) < 4.78 is 5.46. The van der Waals surface area contributed by atoms with Crippen LogP contribution in [-0.4, -0.2) is 31.2 Å². The number of amides is 1. The second kappa shape index (κ2) is 5.97. The Morgan fingerprint density at radius 1 is 1.38 bits per heavy atom. The number of nitrogens with zero attached hydrogens (tertiary/aromatic N) is 1. The minimum atomic E-state index is -0.313. The third kappa shape index (κ3) is 2.76. The second-order valence-corrected chi connectivity index (χ2v) is 7.83. The summed E-state index contributed by atoms with van der Waals surface area (Å²) in [7, 11) is 1.59. The molecule has 130 valence electrons. The molecule has 2 unspecified atom stereocenters. The van der Waals surface area contributed by atoms with Crippen molar-refractivity contribution in [2.45, 2.75) is 20.8 Å². The van der Waals surface area contributed by atoms with E-state index in [0.29, 0.717) is 29.8 Å². The number of piperidine rings is 1. The SMILES string of the molecule is CONC=C1C2CN(C(=O)Oc3ccc(Cl)cc3)CC12C(C)(C)C. The number of ether oxygens (including phenoxy) is 1. The van der Waals surface area contributed by atoms with Gasteiger partial charge in [-0.15, -0.1) is 0 Å². The molecule has 2 aliphatic rings. The Labute approximate surface area is 147 Å². The Bertz CT molecular complexity index is 666. The molecule has 2 fully saturated rings. The summed E-state index contributed by atoms with van der Waals surface area (Å²) in [4.78, 5) is 19.2. The van der Waals surface area contributed by atoms with Gasteiger partial charge >= 0.3 is 6.09 Å². The van der Waals surface area contributed by atoms with Crippen LogP contribution in [0.25, 0.3) is 0 Å². The molecule has 1 amide bonds. The number of fused-ring (bicyclic) bond motifs is 1. The van der Waals surface area contributed by atoms with Gasteiger partial charge in [0.05, 0.1) is 7.11 Å². The van der Waals surface area contributed by atoms with E-state index in [1.54, 1.807) is 36.3 Å². The highest BCUT2D eigenvalue weighted by Gasteiger charge is 2.70. The zero-order chi connectivity index (χ0) is 17.5. The molecule has 1 heterocycles. The number of carbonyl (C=O) groups is 1. The van der Waals surface area contributed by atoms with Gasteiger partial charge in [0, 0.05) is 35.6 Å². The van der Waals surface area contributed by atoms with Crippen LogP contribution in [0.2, 0.25) is 5.02 Å². The molecule has 0 bridgehead atoms. The lowest BCUT2D eigenvalue weighted by molar-refractivity contribution is 0.125. The monoisotopic (exact) mass is 350 g/mol. The maximum atomic E-state index is 12.5. The summed E-state index contributed by atoms with van der Waals surface area (Å²) in [5.74, 6) is 0.851. The summed E-state index contributed by atoms with van der Waals surface area (Å²) >= 11 is 5.85. The first kappa shape index (κ1) is 17.1. The second-order valence-electron chi connectivity index (χ2n) is 7.40. The lowest BCUT2D eigenvalue weighted by Gasteiger charge is -2.31. The highest BCUT2D eigenvalue weighted by atomic mass is 35.5.